The maximum absolute atomic E-state index is 13.0. The molecule has 1 amide bonds. The van der Waals surface area contributed by atoms with Crippen LogP contribution in [0.2, 0.25) is 0 Å². The number of ketones is 1. The van der Waals surface area contributed by atoms with Crippen LogP contribution < -0.4 is 4.74 Å². The van der Waals surface area contributed by atoms with Crippen LogP contribution in [0.25, 0.3) is 6.08 Å². The van der Waals surface area contributed by atoms with Gasteiger partial charge < -0.3 is 9.64 Å². The Morgan fingerprint density at radius 3 is 2.44 bits per heavy atom. The third kappa shape index (κ3) is 9.24. The van der Waals surface area contributed by atoms with Crippen LogP contribution in [0.3, 0.4) is 0 Å². The number of hydrogen-bond acceptors (Lipinski definition) is 5. The second kappa shape index (κ2) is 17.1. The number of carbonyl (C=O) groups excluding carboxylic acids is 2. The number of aromatic nitrogens is 3. The van der Waals surface area contributed by atoms with Gasteiger partial charge in [0.2, 0.25) is 0 Å². The molecule has 6 rings (SSSR count). The molecular formula is C37H38FeN4O3. The Morgan fingerprint density at radius 2 is 1.78 bits per heavy atom. The topological polar surface area (TPSA) is 77.3 Å². The molecule has 0 radical (unpaired) electrons. The van der Waals surface area contributed by atoms with Gasteiger partial charge in [-0.05, 0) is 60.7 Å². The number of hydrogen-bond donors (Lipinski definition) is 0. The van der Waals surface area contributed by atoms with E-state index in [2.05, 4.69) is 65.8 Å². The van der Waals surface area contributed by atoms with Crippen LogP contribution in [0.4, 0.5) is 0 Å². The number of allylic oxidation sites excluding steroid dienone is 10. The Kier molecular flexibility index (Phi) is 12.7. The first-order valence-electron chi connectivity index (χ1n) is 15.2. The van der Waals surface area contributed by atoms with Crippen molar-refractivity contribution in [1.29, 1.82) is 0 Å². The molecule has 1 saturated heterocycles. The molecule has 1 fully saturated rings. The van der Waals surface area contributed by atoms with E-state index in [0.717, 1.165) is 43.4 Å². The molecule has 1 unspecified atom stereocenters. The van der Waals surface area contributed by atoms with Crippen molar-refractivity contribution in [3.8, 4) is 5.75 Å². The minimum Gasteiger partial charge on any atom is -0.487 e. The summed E-state index contributed by atoms with van der Waals surface area (Å²) in [5.74, 6) is 0.624. The molecule has 3 aromatic rings. The molecule has 8 heteroatoms. The number of unbranched alkanes of at least 4 members (excludes halogenated alkanes) is 1. The SMILES string of the molecule is C1=CCC=C1.CCCCN1C(=O)C(n2cc(COc3ccc(C(=O)/C=C/C4=CCC=C4)cc3)nn2)[C@H]1/C=C/c1ccccc1.[Fe]. The van der Waals surface area contributed by atoms with E-state index in [4.69, 9.17) is 4.74 Å². The van der Waals surface area contributed by atoms with Gasteiger partial charge in [-0.25, -0.2) is 4.68 Å². The number of amides is 1. The van der Waals surface area contributed by atoms with Gasteiger partial charge in [-0.2, -0.15) is 0 Å². The maximum atomic E-state index is 13.0. The largest absolute Gasteiger partial charge is 0.487 e. The van der Waals surface area contributed by atoms with Crippen molar-refractivity contribution in [3.63, 3.8) is 0 Å². The molecule has 7 nitrogen and oxygen atoms in total. The van der Waals surface area contributed by atoms with Crippen LogP contribution in [-0.4, -0.2) is 44.2 Å². The summed E-state index contributed by atoms with van der Waals surface area (Å²) < 4.78 is 7.52. The molecule has 232 valence electrons. The van der Waals surface area contributed by atoms with E-state index in [1.54, 1.807) is 41.2 Å². The van der Waals surface area contributed by atoms with E-state index in [1.807, 2.05) is 47.4 Å². The fraction of sp³-hybridized carbons (Fsp3) is 0.243. The summed E-state index contributed by atoms with van der Waals surface area (Å²) in [4.78, 5) is 27.3. The van der Waals surface area contributed by atoms with Crippen molar-refractivity contribution in [2.45, 2.75) is 51.3 Å². The van der Waals surface area contributed by atoms with Crippen molar-refractivity contribution < 1.29 is 31.4 Å². The van der Waals surface area contributed by atoms with Gasteiger partial charge in [-0.15, -0.1) is 5.10 Å². The number of rotatable bonds is 12. The molecule has 0 N–H and O–H groups in total. The zero-order valence-electron chi connectivity index (χ0n) is 25.4. The molecule has 2 aliphatic carbocycles. The van der Waals surface area contributed by atoms with Crippen LogP contribution in [0, 0.1) is 0 Å². The van der Waals surface area contributed by atoms with Gasteiger partial charge in [0.1, 0.15) is 18.1 Å². The molecule has 2 aromatic carbocycles. The quantitative estimate of drug-likeness (QED) is 0.0901. The zero-order chi connectivity index (χ0) is 30.6. The van der Waals surface area contributed by atoms with Crippen molar-refractivity contribution in [3.05, 3.63) is 144 Å². The Balaban J connectivity index is 0.000000700. The minimum atomic E-state index is -0.420. The second-order valence-electron chi connectivity index (χ2n) is 10.7. The maximum Gasteiger partial charge on any atom is 0.250 e. The monoisotopic (exact) mass is 642 g/mol. The number of likely N-dealkylation sites (tertiary alicyclic amines) is 1. The van der Waals surface area contributed by atoms with E-state index in [0.29, 0.717) is 17.0 Å². The molecule has 2 heterocycles. The average molecular weight is 643 g/mol. The molecule has 1 aromatic heterocycles. The van der Waals surface area contributed by atoms with Gasteiger partial charge in [-0.1, -0.05) is 110 Å². The number of benzene rings is 2. The van der Waals surface area contributed by atoms with Crippen LogP contribution in [-0.2, 0) is 28.5 Å². The fourth-order valence-electron chi connectivity index (χ4n) is 5.04. The van der Waals surface area contributed by atoms with Crippen LogP contribution in [0.5, 0.6) is 5.75 Å². The first kappa shape index (κ1) is 33.4. The molecule has 3 aliphatic rings. The smallest absolute Gasteiger partial charge is 0.250 e. The van der Waals surface area contributed by atoms with Gasteiger partial charge in [0.05, 0.1) is 12.2 Å². The van der Waals surface area contributed by atoms with E-state index in [1.165, 1.54) is 0 Å². The van der Waals surface area contributed by atoms with Crippen molar-refractivity contribution in [2.24, 2.45) is 0 Å². The molecule has 0 saturated carbocycles. The summed E-state index contributed by atoms with van der Waals surface area (Å²) in [6, 6.07) is 16.6. The molecule has 1 aliphatic heterocycles. The fourth-order valence-corrected chi connectivity index (χ4v) is 5.04. The minimum absolute atomic E-state index is 0. The van der Waals surface area contributed by atoms with Gasteiger partial charge in [-0.3, -0.25) is 9.59 Å². The third-order valence-electron chi connectivity index (χ3n) is 7.51. The summed E-state index contributed by atoms with van der Waals surface area (Å²) in [6.07, 6.45) is 27.8. The molecular weight excluding hydrogens is 604 g/mol. The van der Waals surface area contributed by atoms with Crippen molar-refractivity contribution in [1.82, 2.24) is 19.9 Å². The van der Waals surface area contributed by atoms with E-state index < -0.39 is 6.04 Å². The van der Waals surface area contributed by atoms with Crippen LogP contribution in [0.1, 0.15) is 60.3 Å². The van der Waals surface area contributed by atoms with Crippen molar-refractivity contribution in [2.75, 3.05) is 6.54 Å². The molecule has 2 atom stereocenters. The van der Waals surface area contributed by atoms with E-state index in [-0.39, 0.29) is 41.4 Å². The third-order valence-corrected chi connectivity index (χ3v) is 7.51. The Hall–Kier alpha value is -4.52. The first-order chi connectivity index (χ1) is 21.6. The normalized spacial score (nSPS) is 18.1. The summed E-state index contributed by atoms with van der Waals surface area (Å²) >= 11 is 0. The van der Waals surface area contributed by atoms with E-state index in [9.17, 15) is 9.59 Å². The molecule has 0 spiro atoms. The van der Waals surface area contributed by atoms with Crippen LogP contribution in [0.15, 0.2) is 127 Å². The van der Waals surface area contributed by atoms with Crippen molar-refractivity contribution >= 4 is 17.8 Å². The standard InChI is InChI=1S/C32H32N4O3.C5H6.Fe/c1-2-3-21-35-29(19-13-24-9-5-4-6-10-24)31(32(35)38)36-22-27(33-34-36)23-39-28-17-15-26(16-18-28)30(37)20-14-25-11-7-8-12-25;1-2-4-5-3-1;/h4-7,9-20,22,29,31H,2-3,8,21,23H2,1H3;1-4H,5H2;/b19-13+,20-14+;;/t29-,31?;;/m1../s1. The van der Waals surface area contributed by atoms with Gasteiger partial charge in [0.15, 0.2) is 11.8 Å². The predicted octanol–water partition coefficient (Wildman–Crippen LogP) is 7.25. The van der Waals surface area contributed by atoms with Gasteiger partial charge >= 0.3 is 0 Å². The number of β-lactam (4-membered cyclic amide) rings is 1. The predicted molar refractivity (Wildman–Crippen MR) is 174 cm³/mol. The summed E-state index contributed by atoms with van der Waals surface area (Å²) in [5.41, 5.74) is 3.36. The summed E-state index contributed by atoms with van der Waals surface area (Å²) in [7, 11) is 0. The Morgan fingerprint density at radius 1 is 1.00 bits per heavy atom. The second-order valence-corrected chi connectivity index (χ2v) is 10.7. The van der Waals surface area contributed by atoms with Gasteiger partial charge in [0, 0.05) is 29.2 Å². The van der Waals surface area contributed by atoms with Crippen LogP contribution >= 0.6 is 0 Å². The van der Waals surface area contributed by atoms with Gasteiger partial charge in [0.25, 0.3) is 5.91 Å². The average Bonchev–Trinajstić information content (AvgIpc) is 3.87. The summed E-state index contributed by atoms with van der Waals surface area (Å²) in [6.45, 7) is 3.05. The Bertz CT molecular complexity index is 1590. The number of nitrogens with zero attached hydrogens (tertiary/aromatic N) is 4. The zero-order valence-corrected chi connectivity index (χ0v) is 26.5. The Labute approximate surface area is 275 Å². The molecule has 0 bridgehead atoms. The first-order valence-corrected chi connectivity index (χ1v) is 15.2. The number of ether oxygens (including phenoxy) is 1. The van der Waals surface area contributed by atoms with E-state index >= 15 is 0 Å². The molecule has 45 heavy (non-hydrogen) atoms. The summed E-state index contributed by atoms with van der Waals surface area (Å²) in [5, 5.41) is 8.49. The number of carbonyl (C=O) groups is 2.